The molecule has 0 saturated carbocycles. The molecule has 2 aliphatic rings. The Balaban J connectivity index is 0.989. The molecule has 1 aliphatic carbocycles. The Morgan fingerprint density at radius 2 is 0.829 bits per heavy atom. The first-order valence-electron chi connectivity index (χ1n) is 24.3. The number of benzene rings is 11. The molecule has 0 fully saturated rings. The fourth-order valence-electron chi connectivity index (χ4n) is 12.5. The Hall–Kier alpha value is -9.18. The lowest BCUT2D eigenvalue weighted by Crippen LogP contribution is -2.33. The summed E-state index contributed by atoms with van der Waals surface area (Å²) in [6, 6.07) is 96.7. The van der Waals surface area contributed by atoms with E-state index in [1.165, 1.54) is 93.8 Å². The molecule has 13 aromatic rings. The van der Waals surface area contributed by atoms with Crippen LogP contribution in [-0.2, 0) is 5.41 Å². The minimum absolute atomic E-state index is 0.585. The minimum atomic E-state index is -0.585. The van der Waals surface area contributed by atoms with Gasteiger partial charge in [-0.2, -0.15) is 0 Å². The van der Waals surface area contributed by atoms with Crippen molar-refractivity contribution in [3.63, 3.8) is 0 Å². The van der Waals surface area contributed by atoms with Crippen LogP contribution in [0, 0.1) is 0 Å². The highest BCUT2D eigenvalue weighted by molar-refractivity contribution is 6.13. The van der Waals surface area contributed by atoms with Crippen LogP contribution in [0.5, 0.6) is 0 Å². The van der Waals surface area contributed by atoms with Crippen molar-refractivity contribution in [1.82, 2.24) is 9.13 Å². The van der Waals surface area contributed by atoms with Crippen LogP contribution in [0.2, 0.25) is 0 Å². The molecule has 0 saturated heterocycles. The van der Waals surface area contributed by atoms with E-state index < -0.39 is 5.41 Å². The highest BCUT2D eigenvalue weighted by atomic mass is 15.1. The van der Waals surface area contributed by atoms with E-state index in [9.17, 15) is 0 Å². The Labute approximate surface area is 406 Å². The maximum Gasteiger partial charge on any atom is 0.0755 e. The molecular weight excluding hydrogens is 847 g/mol. The number of para-hydroxylation sites is 6. The predicted octanol–water partition coefficient (Wildman–Crippen LogP) is 17.4. The molecule has 1 atom stereocenters. The third-order valence-corrected chi connectivity index (χ3v) is 15.3. The van der Waals surface area contributed by atoms with E-state index >= 15 is 0 Å². The molecule has 1 aliphatic heterocycles. The van der Waals surface area contributed by atoms with Gasteiger partial charge in [-0.3, -0.25) is 0 Å². The fraction of sp³-hybridized carbons (Fsp3) is 0.0149. The van der Waals surface area contributed by atoms with Crippen molar-refractivity contribution in [3.05, 3.63) is 283 Å². The Kier molecular flexibility index (Phi) is 8.28. The van der Waals surface area contributed by atoms with Crippen LogP contribution >= 0.6 is 0 Å². The monoisotopic (exact) mass is 889 g/mol. The van der Waals surface area contributed by atoms with Gasteiger partial charge in [0.1, 0.15) is 0 Å². The van der Waals surface area contributed by atoms with Crippen molar-refractivity contribution in [2.45, 2.75) is 5.41 Å². The zero-order valence-corrected chi connectivity index (χ0v) is 38.2. The summed E-state index contributed by atoms with van der Waals surface area (Å²) in [5.41, 5.74) is 22.4. The third-order valence-electron chi connectivity index (χ3n) is 15.3. The normalized spacial score (nSPS) is 14.3. The number of nitrogens with zero attached hydrogens (tertiary/aromatic N) is 3. The summed E-state index contributed by atoms with van der Waals surface area (Å²) in [6.07, 6.45) is 0. The first kappa shape index (κ1) is 38.9. The van der Waals surface area contributed by atoms with Gasteiger partial charge in [0.15, 0.2) is 0 Å². The summed E-state index contributed by atoms with van der Waals surface area (Å²) in [6.45, 7) is 0. The number of anilines is 3. The van der Waals surface area contributed by atoms with Gasteiger partial charge in [0.05, 0.1) is 38.9 Å². The molecular formula is C67H43N3. The highest BCUT2D eigenvalue weighted by Crippen LogP contribution is 2.62. The molecule has 326 valence electrons. The molecule has 0 bridgehead atoms. The largest absolute Gasteiger partial charge is 0.310 e. The predicted molar refractivity (Wildman–Crippen MR) is 292 cm³/mol. The van der Waals surface area contributed by atoms with Crippen LogP contribution in [0.1, 0.15) is 22.3 Å². The third kappa shape index (κ3) is 5.34. The summed E-state index contributed by atoms with van der Waals surface area (Å²) >= 11 is 0. The van der Waals surface area contributed by atoms with Crippen molar-refractivity contribution >= 4 is 60.7 Å². The van der Waals surface area contributed by atoms with E-state index in [2.05, 4.69) is 275 Å². The average molecular weight is 890 g/mol. The van der Waals surface area contributed by atoms with E-state index in [4.69, 9.17) is 0 Å². The van der Waals surface area contributed by atoms with Gasteiger partial charge in [-0.05, 0) is 123 Å². The Bertz CT molecular complexity index is 4200. The second kappa shape index (κ2) is 14.9. The molecule has 2 aromatic heterocycles. The molecule has 3 heteroatoms. The van der Waals surface area contributed by atoms with Gasteiger partial charge in [0, 0.05) is 44.2 Å². The smallest absolute Gasteiger partial charge is 0.0755 e. The summed E-state index contributed by atoms with van der Waals surface area (Å²) in [7, 11) is 0. The lowest BCUT2D eigenvalue weighted by atomic mass is 9.65. The molecule has 3 heterocycles. The number of hydrogen-bond donors (Lipinski definition) is 0. The standard InChI is InChI=1S/C67H43N3/c1-2-18-44(19-3-1)45-20-16-21-46(42-45)50-22-5-11-31-61(50)68(47-36-38-48(39-37-47)69-62-32-12-6-24-53(62)54-25-7-13-33-63(54)69)49-40-41-52-51-23-4-9-28-57(51)67(60(52)43-49)58-29-10-15-35-65(58)70-64-34-14-8-26-55(64)56-27-17-30-59(67)66(56)70/h1-43H. The quantitative estimate of drug-likeness (QED) is 0.162. The fourth-order valence-corrected chi connectivity index (χ4v) is 12.5. The molecule has 1 spiro atoms. The van der Waals surface area contributed by atoms with Crippen LogP contribution in [0.3, 0.4) is 0 Å². The number of aromatic nitrogens is 2. The zero-order valence-electron chi connectivity index (χ0n) is 38.2. The van der Waals surface area contributed by atoms with Gasteiger partial charge in [0.25, 0.3) is 0 Å². The van der Waals surface area contributed by atoms with Gasteiger partial charge in [-0.1, -0.05) is 188 Å². The van der Waals surface area contributed by atoms with Crippen molar-refractivity contribution < 1.29 is 0 Å². The Morgan fingerprint density at radius 1 is 0.300 bits per heavy atom. The van der Waals surface area contributed by atoms with E-state index in [1.54, 1.807) is 0 Å². The maximum atomic E-state index is 2.52. The molecule has 3 nitrogen and oxygen atoms in total. The second-order valence-corrected chi connectivity index (χ2v) is 18.8. The van der Waals surface area contributed by atoms with E-state index in [1.807, 2.05) is 0 Å². The van der Waals surface area contributed by atoms with E-state index in [-0.39, 0.29) is 0 Å². The number of hydrogen-bond acceptors (Lipinski definition) is 1. The van der Waals surface area contributed by atoms with Crippen LogP contribution in [-0.4, -0.2) is 9.13 Å². The summed E-state index contributed by atoms with van der Waals surface area (Å²) in [5.74, 6) is 0. The van der Waals surface area contributed by atoms with Gasteiger partial charge in [0.2, 0.25) is 0 Å². The topological polar surface area (TPSA) is 13.1 Å². The first-order chi connectivity index (χ1) is 34.8. The maximum absolute atomic E-state index is 2.52. The van der Waals surface area contributed by atoms with Gasteiger partial charge < -0.3 is 14.0 Å². The first-order valence-corrected chi connectivity index (χ1v) is 24.3. The highest BCUT2D eigenvalue weighted by Gasteiger charge is 2.51. The van der Waals surface area contributed by atoms with Gasteiger partial charge in [-0.25, -0.2) is 0 Å². The van der Waals surface area contributed by atoms with Crippen LogP contribution in [0.25, 0.3) is 88.4 Å². The van der Waals surface area contributed by atoms with Gasteiger partial charge >= 0.3 is 0 Å². The average Bonchev–Trinajstić information content (AvgIpc) is 4.06. The molecule has 15 rings (SSSR count). The van der Waals surface area contributed by atoms with Crippen LogP contribution in [0.4, 0.5) is 17.1 Å². The molecule has 1 unspecified atom stereocenters. The van der Waals surface area contributed by atoms with Gasteiger partial charge in [-0.15, -0.1) is 0 Å². The van der Waals surface area contributed by atoms with Crippen LogP contribution in [0.15, 0.2) is 261 Å². The summed E-state index contributed by atoms with van der Waals surface area (Å²) in [5, 5.41) is 5.06. The van der Waals surface area contributed by atoms with Crippen molar-refractivity contribution in [2.75, 3.05) is 4.90 Å². The minimum Gasteiger partial charge on any atom is -0.310 e. The SMILES string of the molecule is c1ccc(-c2cccc(-c3ccccc3N(c3ccc(-n4c5ccccc5c5ccccc54)cc3)c3ccc4c(c3)C3(c5ccccc5-4)c4ccccc4-n4c5ccccc5c5cccc3c54)c2)cc1. The molecule has 0 radical (unpaired) electrons. The Morgan fingerprint density at radius 3 is 1.60 bits per heavy atom. The van der Waals surface area contributed by atoms with Crippen molar-refractivity contribution in [2.24, 2.45) is 0 Å². The molecule has 11 aromatic carbocycles. The van der Waals surface area contributed by atoms with Crippen LogP contribution < -0.4 is 4.90 Å². The van der Waals surface area contributed by atoms with Crippen molar-refractivity contribution in [3.8, 4) is 44.8 Å². The second-order valence-electron chi connectivity index (χ2n) is 18.8. The lowest BCUT2D eigenvalue weighted by Gasteiger charge is -2.40. The van der Waals surface area contributed by atoms with Crippen molar-refractivity contribution in [1.29, 1.82) is 0 Å². The lowest BCUT2D eigenvalue weighted by molar-refractivity contribution is 0.748. The molecule has 0 amide bonds. The summed E-state index contributed by atoms with van der Waals surface area (Å²) < 4.78 is 4.93. The van der Waals surface area contributed by atoms with E-state index in [0.717, 1.165) is 33.9 Å². The number of fused-ring (bicyclic) bond motifs is 15. The summed E-state index contributed by atoms with van der Waals surface area (Å²) in [4.78, 5) is 2.49. The number of rotatable bonds is 6. The molecule has 0 N–H and O–H groups in total. The van der Waals surface area contributed by atoms with E-state index in [0.29, 0.717) is 0 Å². The zero-order chi connectivity index (χ0) is 45.9. The molecule has 70 heavy (non-hydrogen) atoms.